The second-order valence-corrected chi connectivity index (χ2v) is 7.40. The minimum absolute atomic E-state index is 0. The summed E-state index contributed by atoms with van der Waals surface area (Å²) in [6, 6.07) is 8.10. The highest BCUT2D eigenvalue weighted by Crippen LogP contribution is 2.32. The quantitative estimate of drug-likeness (QED) is 0.870. The van der Waals surface area contributed by atoms with Gasteiger partial charge in [0.2, 0.25) is 11.8 Å². The number of nitrogens with two attached hydrogens (primary N) is 1. The Hall–Kier alpha value is -1.59. The zero-order chi connectivity index (χ0) is 17.8. The van der Waals surface area contributed by atoms with Gasteiger partial charge in [0.25, 0.3) is 0 Å². The topological polar surface area (TPSA) is 66.6 Å². The smallest absolute Gasteiger partial charge is 0.227 e. The third kappa shape index (κ3) is 4.77. The molecule has 1 aromatic carbocycles. The molecule has 2 aliphatic rings. The minimum Gasteiger partial charge on any atom is -0.339 e. The molecule has 1 aliphatic heterocycles. The molecule has 2 N–H and O–H groups in total. The second kappa shape index (κ2) is 9.38. The molecule has 144 valence electrons. The van der Waals surface area contributed by atoms with Gasteiger partial charge < -0.3 is 15.5 Å². The molecule has 0 unspecified atom stereocenters. The summed E-state index contributed by atoms with van der Waals surface area (Å²) in [4.78, 5) is 29.1. The van der Waals surface area contributed by atoms with Crippen molar-refractivity contribution in [2.45, 2.75) is 32.6 Å². The van der Waals surface area contributed by atoms with Crippen molar-refractivity contribution in [3.05, 3.63) is 35.4 Å². The number of nitrogens with zero attached hydrogens (tertiary/aromatic N) is 2. The van der Waals surface area contributed by atoms with Crippen molar-refractivity contribution >= 4 is 24.2 Å². The lowest BCUT2D eigenvalue weighted by Gasteiger charge is -2.36. The van der Waals surface area contributed by atoms with Crippen LogP contribution in [0.25, 0.3) is 0 Å². The van der Waals surface area contributed by atoms with Crippen LogP contribution in [0.1, 0.15) is 30.4 Å². The number of amides is 2. The van der Waals surface area contributed by atoms with Gasteiger partial charge in [-0.3, -0.25) is 9.59 Å². The maximum Gasteiger partial charge on any atom is 0.227 e. The summed E-state index contributed by atoms with van der Waals surface area (Å²) in [5.41, 5.74) is 8.06. The van der Waals surface area contributed by atoms with Crippen LogP contribution < -0.4 is 5.73 Å². The van der Waals surface area contributed by atoms with E-state index in [0.717, 1.165) is 24.8 Å². The number of carbonyl (C=O) groups excluding carboxylic acids is 2. The van der Waals surface area contributed by atoms with Gasteiger partial charge in [-0.05, 0) is 37.8 Å². The minimum atomic E-state index is 0. The number of piperazine rings is 1. The third-order valence-electron chi connectivity index (χ3n) is 5.70. The van der Waals surface area contributed by atoms with Crippen LogP contribution in [0.2, 0.25) is 0 Å². The highest BCUT2D eigenvalue weighted by atomic mass is 35.5. The first-order valence-corrected chi connectivity index (χ1v) is 9.40. The van der Waals surface area contributed by atoms with Gasteiger partial charge in [0, 0.05) is 32.1 Å². The van der Waals surface area contributed by atoms with Crippen LogP contribution in [0.5, 0.6) is 0 Å². The summed E-state index contributed by atoms with van der Waals surface area (Å²) >= 11 is 0. The second-order valence-electron chi connectivity index (χ2n) is 7.40. The fourth-order valence-corrected chi connectivity index (χ4v) is 4.05. The molecule has 0 bridgehead atoms. The molecule has 26 heavy (non-hydrogen) atoms. The van der Waals surface area contributed by atoms with E-state index in [9.17, 15) is 9.59 Å². The third-order valence-corrected chi connectivity index (χ3v) is 5.70. The van der Waals surface area contributed by atoms with Crippen LogP contribution in [0.3, 0.4) is 0 Å². The number of hydrogen-bond donors (Lipinski definition) is 1. The molecule has 0 aromatic heterocycles. The zero-order valence-electron chi connectivity index (χ0n) is 15.5. The molecule has 2 atom stereocenters. The Labute approximate surface area is 162 Å². The van der Waals surface area contributed by atoms with Crippen molar-refractivity contribution in [1.29, 1.82) is 0 Å². The van der Waals surface area contributed by atoms with E-state index in [2.05, 4.69) is 0 Å². The summed E-state index contributed by atoms with van der Waals surface area (Å²) in [6.07, 6.45) is 3.58. The Morgan fingerprint density at radius 3 is 2.27 bits per heavy atom. The van der Waals surface area contributed by atoms with Gasteiger partial charge in [0.1, 0.15) is 0 Å². The molecule has 3 rings (SSSR count). The van der Waals surface area contributed by atoms with Gasteiger partial charge in [-0.2, -0.15) is 0 Å². The van der Waals surface area contributed by atoms with Gasteiger partial charge in [0.15, 0.2) is 0 Å². The van der Waals surface area contributed by atoms with E-state index in [0.29, 0.717) is 45.1 Å². The summed E-state index contributed by atoms with van der Waals surface area (Å²) in [6.45, 7) is 5.21. The van der Waals surface area contributed by atoms with Crippen LogP contribution in [-0.2, 0) is 16.0 Å². The van der Waals surface area contributed by atoms with E-state index in [1.165, 1.54) is 5.56 Å². The van der Waals surface area contributed by atoms with Crippen molar-refractivity contribution < 1.29 is 9.59 Å². The normalized spacial score (nSPS) is 22.8. The first kappa shape index (κ1) is 20.7. The standard InChI is InChI=1S/C20H29N3O2.ClH/c1-15-5-7-16(8-6-15)13-19(24)22-9-11-23(12-10-22)20(25)18-4-2-3-17(18)14-21;/h5-8,17-18H,2-4,9-14,21H2,1H3;1H/t17-,18-;/m1./s1. The SMILES string of the molecule is Cc1ccc(CC(=O)N2CCN(C(=O)[C@@H]3CCC[C@@H]3CN)CC2)cc1.Cl. The van der Waals surface area contributed by atoms with E-state index in [1.54, 1.807) is 0 Å². The Kier molecular flexibility index (Phi) is 7.47. The Morgan fingerprint density at radius 2 is 1.65 bits per heavy atom. The van der Waals surface area contributed by atoms with E-state index in [1.807, 2.05) is 41.0 Å². The number of aryl methyl sites for hydroxylation is 1. The lowest BCUT2D eigenvalue weighted by molar-refractivity contribution is -0.142. The highest BCUT2D eigenvalue weighted by molar-refractivity contribution is 5.85. The molecule has 1 saturated carbocycles. The molecular weight excluding hydrogens is 350 g/mol. The summed E-state index contributed by atoms with van der Waals surface area (Å²) in [5.74, 6) is 0.837. The summed E-state index contributed by atoms with van der Waals surface area (Å²) in [7, 11) is 0. The first-order valence-electron chi connectivity index (χ1n) is 9.40. The molecular formula is C20H30ClN3O2. The number of benzene rings is 1. The molecule has 1 aliphatic carbocycles. The van der Waals surface area contributed by atoms with Crippen LogP contribution in [0.15, 0.2) is 24.3 Å². The van der Waals surface area contributed by atoms with Crippen molar-refractivity contribution in [3.8, 4) is 0 Å². The summed E-state index contributed by atoms with van der Waals surface area (Å²) in [5, 5.41) is 0. The largest absolute Gasteiger partial charge is 0.339 e. The highest BCUT2D eigenvalue weighted by Gasteiger charge is 2.36. The molecule has 6 heteroatoms. The Bertz CT molecular complexity index is 612. The van der Waals surface area contributed by atoms with Gasteiger partial charge in [-0.25, -0.2) is 0 Å². The van der Waals surface area contributed by atoms with Crippen LogP contribution in [0.4, 0.5) is 0 Å². The fraction of sp³-hybridized carbons (Fsp3) is 0.600. The van der Waals surface area contributed by atoms with Gasteiger partial charge >= 0.3 is 0 Å². The van der Waals surface area contributed by atoms with E-state index < -0.39 is 0 Å². The lowest BCUT2D eigenvalue weighted by Crippen LogP contribution is -2.52. The number of hydrogen-bond acceptors (Lipinski definition) is 3. The number of carbonyl (C=O) groups is 2. The summed E-state index contributed by atoms with van der Waals surface area (Å²) < 4.78 is 0. The van der Waals surface area contributed by atoms with E-state index in [4.69, 9.17) is 5.73 Å². The van der Waals surface area contributed by atoms with Crippen molar-refractivity contribution in [1.82, 2.24) is 9.80 Å². The Balaban J connectivity index is 0.00000243. The molecule has 0 spiro atoms. The average molecular weight is 380 g/mol. The van der Waals surface area contributed by atoms with Crippen LogP contribution in [0, 0.1) is 18.8 Å². The molecule has 1 saturated heterocycles. The van der Waals surface area contributed by atoms with Gasteiger partial charge in [-0.1, -0.05) is 36.2 Å². The molecule has 0 radical (unpaired) electrons. The van der Waals surface area contributed by atoms with E-state index in [-0.39, 0.29) is 30.1 Å². The average Bonchev–Trinajstić information content (AvgIpc) is 3.12. The predicted octanol–water partition coefficient (Wildman–Crippen LogP) is 2.01. The van der Waals surface area contributed by atoms with Crippen LogP contribution >= 0.6 is 12.4 Å². The monoisotopic (exact) mass is 379 g/mol. The van der Waals surface area contributed by atoms with Crippen molar-refractivity contribution in [2.75, 3.05) is 32.7 Å². The van der Waals surface area contributed by atoms with E-state index >= 15 is 0 Å². The Morgan fingerprint density at radius 1 is 1.04 bits per heavy atom. The molecule has 5 nitrogen and oxygen atoms in total. The predicted molar refractivity (Wildman–Crippen MR) is 105 cm³/mol. The lowest BCUT2D eigenvalue weighted by atomic mass is 9.94. The maximum atomic E-state index is 12.7. The van der Waals surface area contributed by atoms with Crippen molar-refractivity contribution in [2.24, 2.45) is 17.6 Å². The van der Waals surface area contributed by atoms with Gasteiger partial charge in [-0.15, -0.1) is 12.4 Å². The molecule has 2 fully saturated rings. The fourth-order valence-electron chi connectivity index (χ4n) is 4.05. The van der Waals surface area contributed by atoms with Crippen molar-refractivity contribution in [3.63, 3.8) is 0 Å². The number of rotatable bonds is 4. The zero-order valence-corrected chi connectivity index (χ0v) is 16.3. The number of halogens is 1. The van der Waals surface area contributed by atoms with Crippen LogP contribution in [-0.4, -0.2) is 54.3 Å². The maximum absolute atomic E-state index is 12.7. The molecule has 1 aromatic rings. The first-order chi connectivity index (χ1) is 12.1. The molecule has 2 amide bonds. The molecule has 1 heterocycles. The van der Waals surface area contributed by atoms with Gasteiger partial charge in [0.05, 0.1) is 6.42 Å².